The fourth-order valence-corrected chi connectivity index (χ4v) is 6.15. The van der Waals surface area contributed by atoms with Crippen LogP contribution in [-0.2, 0) is 0 Å². The topological polar surface area (TPSA) is 26.3 Å². The molecule has 196 valence electrons. The summed E-state index contributed by atoms with van der Waals surface area (Å²) in [6.45, 7) is 0. The van der Waals surface area contributed by atoms with Gasteiger partial charge in [0.05, 0.1) is 22.6 Å². The van der Waals surface area contributed by atoms with E-state index in [1.807, 2.05) is 66.7 Å². The van der Waals surface area contributed by atoms with Gasteiger partial charge in [0, 0.05) is 16.3 Å². The van der Waals surface area contributed by atoms with Crippen molar-refractivity contribution in [3.63, 3.8) is 0 Å². The summed E-state index contributed by atoms with van der Waals surface area (Å²) in [4.78, 5) is 0. The maximum atomic E-state index is 9.13. The third-order valence-corrected chi connectivity index (χ3v) is 8.02. The van der Waals surface area contributed by atoms with Crippen molar-refractivity contribution in [3.05, 3.63) is 146 Å². The lowest BCUT2D eigenvalue weighted by Gasteiger charge is -2.18. The molecule has 9 rings (SSSR count). The first-order valence-electron chi connectivity index (χ1n) is 17.6. The van der Waals surface area contributed by atoms with Gasteiger partial charge >= 0.3 is 0 Å². The van der Waals surface area contributed by atoms with Crippen molar-refractivity contribution < 1.29 is 19.8 Å². The van der Waals surface area contributed by atoms with Crippen LogP contribution in [0.3, 0.4) is 0 Å². The first kappa shape index (κ1) is 16.6. The predicted molar refractivity (Wildman–Crippen MR) is 175 cm³/mol. The summed E-state index contributed by atoms with van der Waals surface area (Å²) in [5.74, 6) is 0. The average molecular weight is 545 g/mol. The summed E-state index contributed by atoms with van der Waals surface area (Å²) in [5.41, 5.74) is 5.60. The fourth-order valence-electron chi connectivity index (χ4n) is 6.15. The van der Waals surface area contributed by atoms with E-state index in [0.29, 0.717) is 27.8 Å². The summed E-state index contributed by atoms with van der Waals surface area (Å²) >= 11 is 0. The minimum atomic E-state index is -0.428. The molecular weight excluding hydrogens is 512 g/mol. The fraction of sp³-hybridized carbons (Fsp3) is 0. The standard InChI is InChI=1S/C40H24O2/c1-2-9-26(10-3-1)37-29-11-4-6-13-31(29)38(32-14-7-5-12-30(32)37)27-19-17-25(18-20-27)28-15-8-16-33-34-21-22-36-35(23-24-41-36)40(34)42-39(28)33/h1-24H/i4D,5D,6D,7D,11D,12D,13D,14D. The van der Waals surface area contributed by atoms with Crippen molar-refractivity contribution in [2.24, 2.45) is 0 Å². The predicted octanol–water partition coefficient (Wildman–Crippen LogP) is 11.6. The molecule has 0 atom stereocenters. The third-order valence-electron chi connectivity index (χ3n) is 8.02. The molecular formula is C40H24O2. The van der Waals surface area contributed by atoms with Crippen LogP contribution in [0, 0.1) is 0 Å². The van der Waals surface area contributed by atoms with Crippen LogP contribution in [0.5, 0.6) is 0 Å². The molecule has 0 unspecified atom stereocenters. The Kier molecular flexibility index (Phi) is 3.54. The molecule has 2 nitrogen and oxygen atoms in total. The molecule has 0 aliphatic carbocycles. The lowest BCUT2D eigenvalue weighted by Crippen LogP contribution is -1.90. The van der Waals surface area contributed by atoms with Crippen molar-refractivity contribution >= 4 is 54.5 Å². The van der Waals surface area contributed by atoms with Crippen LogP contribution < -0.4 is 0 Å². The van der Waals surface area contributed by atoms with Gasteiger partial charge in [-0.2, -0.15) is 0 Å². The number of hydrogen-bond donors (Lipinski definition) is 0. The molecule has 9 aromatic rings. The van der Waals surface area contributed by atoms with E-state index in [2.05, 4.69) is 0 Å². The highest BCUT2D eigenvalue weighted by Gasteiger charge is 2.18. The molecule has 7 aromatic carbocycles. The van der Waals surface area contributed by atoms with Crippen molar-refractivity contribution in [1.29, 1.82) is 0 Å². The third kappa shape index (κ3) is 3.33. The Morgan fingerprint density at radius 3 is 1.69 bits per heavy atom. The maximum absolute atomic E-state index is 9.13. The number of para-hydroxylation sites is 1. The van der Waals surface area contributed by atoms with Crippen LogP contribution >= 0.6 is 0 Å². The summed E-state index contributed by atoms with van der Waals surface area (Å²) in [7, 11) is 0. The van der Waals surface area contributed by atoms with Gasteiger partial charge in [-0.1, -0.05) is 121 Å². The summed E-state index contributed by atoms with van der Waals surface area (Å²) in [5, 5.41) is 3.55. The molecule has 2 heterocycles. The quantitative estimate of drug-likeness (QED) is 0.207. The van der Waals surface area contributed by atoms with E-state index >= 15 is 0 Å². The lowest BCUT2D eigenvalue weighted by atomic mass is 9.85. The van der Waals surface area contributed by atoms with Crippen LogP contribution in [0.15, 0.2) is 154 Å². The van der Waals surface area contributed by atoms with Crippen LogP contribution in [0.4, 0.5) is 0 Å². The Bertz CT molecular complexity index is 2810. The normalized spacial score (nSPS) is 14.5. The molecule has 0 N–H and O–H groups in total. The summed E-state index contributed by atoms with van der Waals surface area (Å²) < 4.78 is 82.9. The van der Waals surface area contributed by atoms with E-state index < -0.39 is 24.2 Å². The van der Waals surface area contributed by atoms with Gasteiger partial charge in [-0.25, -0.2) is 0 Å². The van der Waals surface area contributed by atoms with Gasteiger partial charge < -0.3 is 8.83 Å². The van der Waals surface area contributed by atoms with Gasteiger partial charge in [0.2, 0.25) is 0 Å². The van der Waals surface area contributed by atoms with Crippen molar-refractivity contribution in [2.75, 3.05) is 0 Å². The average Bonchev–Trinajstić information content (AvgIpc) is 3.79. The zero-order valence-electron chi connectivity index (χ0n) is 30.1. The SMILES string of the molecule is [2H]c1c([2H])c([2H])c2c(-c3ccc(-c4cccc5c4oc4c6ccoc6ccc54)cc3)c3c([2H])c([2H])c([2H])c([2H])c3c(-c3ccccc3)c2c1[2H]. The molecule has 0 fully saturated rings. The molecule has 0 aliphatic rings. The van der Waals surface area contributed by atoms with Crippen LogP contribution in [0.25, 0.3) is 87.8 Å². The molecule has 0 saturated heterocycles. The first-order valence-corrected chi connectivity index (χ1v) is 13.6. The Labute approximate surface area is 253 Å². The van der Waals surface area contributed by atoms with E-state index in [4.69, 9.17) is 19.8 Å². The smallest absolute Gasteiger partial charge is 0.146 e. The van der Waals surface area contributed by atoms with Gasteiger partial charge in [0.1, 0.15) is 16.7 Å². The van der Waals surface area contributed by atoms with Crippen molar-refractivity contribution in [3.8, 4) is 33.4 Å². The monoisotopic (exact) mass is 544 g/mol. The highest BCUT2D eigenvalue weighted by Crippen LogP contribution is 2.44. The maximum Gasteiger partial charge on any atom is 0.146 e. The minimum absolute atomic E-state index is 0.184. The van der Waals surface area contributed by atoms with Gasteiger partial charge in [0.15, 0.2) is 0 Å². The molecule has 0 bridgehead atoms. The zero-order valence-corrected chi connectivity index (χ0v) is 22.1. The molecule has 0 aliphatic heterocycles. The second-order valence-electron chi connectivity index (χ2n) is 10.3. The number of rotatable bonds is 3. The molecule has 0 radical (unpaired) electrons. The summed E-state index contributed by atoms with van der Waals surface area (Å²) in [6.07, 6.45) is 1.64. The Morgan fingerprint density at radius 1 is 0.429 bits per heavy atom. The number of benzene rings is 7. The van der Waals surface area contributed by atoms with Crippen LogP contribution in [0.2, 0.25) is 0 Å². The van der Waals surface area contributed by atoms with Gasteiger partial charge in [0.25, 0.3) is 0 Å². The number of furan rings is 2. The van der Waals surface area contributed by atoms with Crippen molar-refractivity contribution in [2.45, 2.75) is 0 Å². The molecule has 0 saturated carbocycles. The Morgan fingerprint density at radius 2 is 1.02 bits per heavy atom. The van der Waals surface area contributed by atoms with Crippen LogP contribution in [0.1, 0.15) is 11.0 Å². The molecule has 2 heteroatoms. The van der Waals surface area contributed by atoms with E-state index in [1.54, 1.807) is 30.5 Å². The second kappa shape index (κ2) is 8.95. The van der Waals surface area contributed by atoms with E-state index in [-0.39, 0.29) is 45.7 Å². The van der Waals surface area contributed by atoms with Gasteiger partial charge in [-0.05, 0) is 67.6 Å². The molecule has 2 aromatic heterocycles. The van der Waals surface area contributed by atoms with Crippen LogP contribution in [-0.4, -0.2) is 0 Å². The molecule has 42 heavy (non-hydrogen) atoms. The van der Waals surface area contributed by atoms with E-state index in [0.717, 1.165) is 38.5 Å². The minimum Gasteiger partial charge on any atom is -0.464 e. The van der Waals surface area contributed by atoms with E-state index in [9.17, 15) is 0 Å². The van der Waals surface area contributed by atoms with Crippen molar-refractivity contribution in [1.82, 2.24) is 0 Å². The number of fused-ring (bicyclic) bond motifs is 7. The van der Waals surface area contributed by atoms with Gasteiger partial charge in [-0.3, -0.25) is 0 Å². The lowest BCUT2D eigenvalue weighted by molar-refractivity contribution is 0.615. The Hall–Kier alpha value is -5.60. The second-order valence-corrected chi connectivity index (χ2v) is 10.3. The Balaban J connectivity index is 1.37. The summed E-state index contributed by atoms with van der Waals surface area (Å²) in [6, 6.07) is 25.3. The largest absolute Gasteiger partial charge is 0.464 e. The first-order chi connectivity index (χ1) is 24.2. The number of hydrogen-bond acceptors (Lipinski definition) is 2. The highest BCUT2D eigenvalue weighted by molar-refractivity contribution is 6.21. The molecule has 0 spiro atoms. The molecule has 0 amide bonds. The van der Waals surface area contributed by atoms with Gasteiger partial charge in [-0.15, -0.1) is 0 Å². The zero-order chi connectivity index (χ0) is 34.6. The van der Waals surface area contributed by atoms with E-state index in [1.165, 1.54) is 0 Å². The highest BCUT2D eigenvalue weighted by atomic mass is 16.3.